The van der Waals surface area contributed by atoms with Crippen molar-refractivity contribution in [2.75, 3.05) is 0 Å². The molecule has 0 aliphatic rings. The predicted octanol–water partition coefficient (Wildman–Crippen LogP) is 3.77. The Balaban J connectivity index is 1.92. The Bertz CT molecular complexity index is 485. The van der Waals surface area contributed by atoms with Gasteiger partial charge in [-0.3, -0.25) is 0 Å². The van der Waals surface area contributed by atoms with E-state index < -0.39 is 0 Å². The van der Waals surface area contributed by atoms with Crippen LogP contribution in [-0.4, -0.2) is 0 Å². The van der Waals surface area contributed by atoms with Crippen LogP contribution in [0.2, 0.25) is 5.02 Å². The van der Waals surface area contributed by atoms with Gasteiger partial charge in [-0.2, -0.15) is 0 Å². The second-order valence-corrected chi connectivity index (χ2v) is 4.26. The third-order valence-corrected chi connectivity index (χ3v) is 2.73. The summed E-state index contributed by atoms with van der Waals surface area (Å²) in [7, 11) is 0. The zero-order valence-corrected chi connectivity index (χ0v) is 10.0. The van der Waals surface area contributed by atoms with E-state index in [9.17, 15) is 4.39 Å². The Kier molecular flexibility index (Phi) is 4.13. The molecular formula is C14H13ClFN. The summed E-state index contributed by atoms with van der Waals surface area (Å²) in [6.07, 6.45) is 0. The summed E-state index contributed by atoms with van der Waals surface area (Å²) >= 11 is 5.82. The zero-order chi connectivity index (χ0) is 12.1. The SMILES string of the molecule is Fc1ccc(Cl)cc1CNCc1ccccc1. The normalized spacial score (nSPS) is 10.5. The third kappa shape index (κ3) is 3.55. The van der Waals surface area contributed by atoms with E-state index in [4.69, 9.17) is 11.6 Å². The highest BCUT2D eigenvalue weighted by Crippen LogP contribution is 2.14. The monoisotopic (exact) mass is 249 g/mol. The molecule has 2 aromatic carbocycles. The highest BCUT2D eigenvalue weighted by Gasteiger charge is 2.02. The van der Waals surface area contributed by atoms with Crippen molar-refractivity contribution < 1.29 is 4.39 Å². The first-order valence-corrected chi connectivity index (χ1v) is 5.82. The van der Waals surface area contributed by atoms with Gasteiger partial charge in [0.15, 0.2) is 0 Å². The summed E-state index contributed by atoms with van der Waals surface area (Å²) in [6.45, 7) is 1.19. The quantitative estimate of drug-likeness (QED) is 0.870. The smallest absolute Gasteiger partial charge is 0.127 e. The van der Waals surface area contributed by atoms with Crippen LogP contribution in [0, 0.1) is 5.82 Å². The lowest BCUT2D eigenvalue weighted by Crippen LogP contribution is -2.13. The van der Waals surface area contributed by atoms with E-state index in [1.54, 1.807) is 12.1 Å². The molecule has 0 aliphatic heterocycles. The molecule has 88 valence electrons. The fourth-order valence-corrected chi connectivity index (χ4v) is 1.81. The van der Waals surface area contributed by atoms with Crippen molar-refractivity contribution in [3.8, 4) is 0 Å². The molecule has 0 radical (unpaired) electrons. The van der Waals surface area contributed by atoms with E-state index in [-0.39, 0.29) is 5.82 Å². The maximum atomic E-state index is 13.4. The molecule has 1 N–H and O–H groups in total. The maximum Gasteiger partial charge on any atom is 0.127 e. The Morgan fingerprint density at radius 1 is 1.00 bits per heavy atom. The van der Waals surface area contributed by atoms with Gasteiger partial charge >= 0.3 is 0 Å². The average molecular weight is 250 g/mol. The van der Waals surface area contributed by atoms with Crippen LogP contribution in [0.15, 0.2) is 48.5 Å². The first-order chi connectivity index (χ1) is 8.25. The van der Waals surface area contributed by atoms with Gasteiger partial charge in [0.25, 0.3) is 0 Å². The molecule has 0 saturated carbocycles. The van der Waals surface area contributed by atoms with Crippen molar-refractivity contribution in [1.29, 1.82) is 0 Å². The number of halogens is 2. The number of nitrogens with one attached hydrogen (secondary N) is 1. The van der Waals surface area contributed by atoms with Gasteiger partial charge in [-0.15, -0.1) is 0 Å². The Morgan fingerprint density at radius 3 is 2.53 bits per heavy atom. The minimum Gasteiger partial charge on any atom is -0.309 e. The van der Waals surface area contributed by atoms with Gasteiger partial charge in [0.1, 0.15) is 5.82 Å². The summed E-state index contributed by atoms with van der Waals surface area (Å²) in [6, 6.07) is 14.6. The van der Waals surface area contributed by atoms with Crippen LogP contribution < -0.4 is 5.32 Å². The average Bonchev–Trinajstić information content (AvgIpc) is 2.35. The van der Waals surface area contributed by atoms with Gasteiger partial charge in [0, 0.05) is 23.7 Å². The van der Waals surface area contributed by atoms with E-state index in [1.165, 1.54) is 11.6 Å². The summed E-state index contributed by atoms with van der Waals surface area (Å²) < 4.78 is 13.4. The van der Waals surface area contributed by atoms with Gasteiger partial charge in [-0.25, -0.2) is 4.39 Å². The molecule has 0 bridgehead atoms. The maximum absolute atomic E-state index is 13.4. The van der Waals surface area contributed by atoms with Crippen LogP contribution in [0.5, 0.6) is 0 Å². The standard InChI is InChI=1S/C14H13ClFN/c15-13-6-7-14(16)12(8-13)10-17-9-11-4-2-1-3-5-11/h1-8,17H,9-10H2. The largest absolute Gasteiger partial charge is 0.309 e. The van der Waals surface area contributed by atoms with E-state index in [1.807, 2.05) is 30.3 Å². The van der Waals surface area contributed by atoms with Crippen LogP contribution in [0.3, 0.4) is 0 Å². The minimum absolute atomic E-state index is 0.227. The molecule has 0 aromatic heterocycles. The van der Waals surface area contributed by atoms with Crippen molar-refractivity contribution in [3.63, 3.8) is 0 Å². The highest BCUT2D eigenvalue weighted by molar-refractivity contribution is 6.30. The van der Waals surface area contributed by atoms with Crippen LogP contribution >= 0.6 is 11.6 Å². The molecule has 0 heterocycles. The van der Waals surface area contributed by atoms with E-state index >= 15 is 0 Å². The first kappa shape index (κ1) is 12.1. The number of hydrogen-bond acceptors (Lipinski definition) is 1. The minimum atomic E-state index is -0.227. The summed E-state index contributed by atoms with van der Waals surface area (Å²) in [5, 5.41) is 3.75. The zero-order valence-electron chi connectivity index (χ0n) is 9.29. The first-order valence-electron chi connectivity index (χ1n) is 5.44. The summed E-state index contributed by atoms with van der Waals surface area (Å²) in [5.41, 5.74) is 1.77. The Labute approximate surface area is 105 Å². The van der Waals surface area contributed by atoms with Gasteiger partial charge in [-0.05, 0) is 23.8 Å². The van der Waals surface area contributed by atoms with Crippen LogP contribution in [-0.2, 0) is 13.1 Å². The third-order valence-electron chi connectivity index (χ3n) is 2.50. The van der Waals surface area contributed by atoms with Crippen LogP contribution in [0.4, 0.5) is 4.39 Å². The van der Waals surface area contributed by atoms with Gasteiger partial charge in [0.2, 0.25) is 0 Å². The number of rotatable bonds is 4. The molecule has 17 heavy (non-hydrogen) atoms. The second kappa shape index (κ2) is 5.80. The molecular weight excluding hydrogens is 237 g/mol. The molecule has 2 aromatic rings. The van der Waals surface area contributed by atoms with E-state index in [0.29, 0.717) is 23.7 Å². The molecule has 3 heteroatoms. The van der Waals surface area contributed by atoms with Crippen LogP contribution in [0.25, 0.3) is 0 Å². The molecule has 2 rings (SSSR count). The predicted molar refractivity (Wildman–Crippen MR) is 68.4 cm³/mol. The van der Waals surface area contributed by atoms with Crippen molar-refractivity contribution in [1.82, 2.24) is 5.32 Å². The van der Waals surface area contributed by atoms with Crippen molar-refractivity contribution in [2.24, 2.45) is 0 Å². The fraction of sp³-hybridized carbons (Fsp3) is 0.143. The highest BCUT2D eigenvalue weighted by atomic mass is 35.5. The van der Waals surface area contributed by atoms with Gasteiger partial charge in [0.05, 0.1) is 0 Å². The molecule has 0 fully saturated rings. The topological polar surface area (TPSA) is 12.0 Å². The lowest BCUT2D eigenvalue weighted by atomic mass is 10.2. The fourth-order valence-electron chi connectivity index (χ4n) is 1.62. The molecule has 0 unspecified atom stereocenters. The summed E-state index contributed by atoms with van der Waals surface area (Å²) in [5.74, 6) is -0.227. The lowest BCUT2D eigenvalue weighted by Gasteiger charge is -2.06. The van der Waals surface area contributed by atoms with E-state index in [2.05, 4.69) is 5.32 Å². The number of hydrogen-bond donors (Lipinski definition) is 1. The lowest BCUT2D eigenvalue weighted by molar-refractivity contribution is 0.588. The van der Waals surface area contributed by atoms with Crippen molar-refractivity contribution in [2.45, 2.75) is 13.1 Å². The van der Waals surface area contributed by atoms with Gasteiger partial charge < -0.3 is 5.32 Å². The van der Waals surface area contributed by atoms with Crippen molar-refractivity contribution >= 4 is 11.6 Å². The molecule has 0 spiro atoms. The second-order valence-electron chi connectivity index (χ2n) is 3.82. The Hall–Kier alpha value is -1.38. The van der Waals surface area contributed by atoms with Crippen LogP contribution in [0.1, 0.15) is 11.1 Å². The number of benzene rings is 2. The Morgan fingerprint density at radius 2 is 1.76 bits per heavy atom. The summed E-state index contributed by atoms with van der Waals surface area (Å²) in [4.78, 5) is 0. The molecule has 0 atom stereocenters. The molecule has 0 saturated heterocycles. The van der Waals surface area contributed by atoms with Gasteiger partial charge in [-0.1, -0.05) is 41.9 Å². The molecule has 0 aliphatic carbocycles. The van der Waals surface area contributed by atoms with Crippen molar-refractivity contribution in [3.05, 3.63) is 70.5 Å². The van der Waals surface area contributed by atoms with E-state index in [0.717, 1.165) is 0 Å². The molecule has 0 amide bonds. The molecule has 1 nitrogen and oxygen atoms in total.